The normalized spacial score (nSPS) is 15.1. The summed E-state index contributed by atoms with van der Waals surface area (Å²) in [6, 6.07) is 9.28. The van der Waals surface area contributed by atoms with Gasteiger partial charge in [0.05, 0.1) is 17.2 Å². The molecule has 0 bridgehead atoms. The van der Waals surface area contributed by atoms with Gasteiger partial charge in [0.15, 0.2) is 17.5 Å². The molecule has 1 aliphatic rings. The van der Waals surface area contributed by atoms with Crippen molar-refractivity contribution >= 4 is 11.7 Å². The lowest BCUT2D eigenvalue weighted by Gasteiger charge is -2.27. The molecule has 1 fully saturated rings. The average molecular weight is 462 g/mol. The zero-order valence-electron chi connectivity index (χ0n) is 18.8. The molecule has 1 aliphatic carbocycles. The quantitative estimate of drug-likeness (QED) is 0.433. The molecule has 0 unspecified atom stereocenters. The number of pyridine rings is 1. The molecule has 1 aromatic carbocycles. The zero-order chi connectivity index (χ0) is 23.9. The van der Waals surface area contributed by atoms with E-state index in [-0.39, 0.29) is 18.3 Å². The van der Waals surface area contributed by atoms with Crippen molar-refractivity contribution in [2.45, 2.75) is 31.7 Å². The maximum atomic E-state index is 13.9. The summed E-state index contributed by atoms with van der Waals surface area (Å²) >= 11 is 0. The first kappa shape index (κ1) is 21.7. The summed E-state index contributed by atoms with van der Waals surface area (Å²) in [5, 5.41) is 11.1. The van der Waals surface area contributed by atoms with E-state index in [1.807, 2.05) is 24.3 Å². The van der Waals surface area contributed by atoms with E-state index in [0.29, 0.717) is 28.8 Å². The van der Waals surface area contributed by atoms with E-state index >= 15 is 0 Å². The smallest absolute Gasteiger partial charge is 0.261 e. The highest BCUT2D eigenvalue weighted by Crippen LogP contribution is 2.50. The molecule has 1 saturated carbocycles. The number of nitrogens with two attached hydrogens (primary N) is 1. The predicted octanol–water partition coefficient (Wildman–Crippen LogP) is 3.18. The third kappa shape index (κ3) is 3.91. The highest BCUT2D eigenvalue weighted by atomic mass is 19.1. The van der Waals surface area contributed by atoms with E-state index in [4.69, 9.17) is 15.2 Å². The van der Waals surface area contributed by atoms with Gasteiger partial charge in [0.2, 0.25) is 5.91 Å². The number of hydrogen-bond acceptors (Lipinski definition) is 7. The third-order valence-electron chi connectivity index (χ3n) is 6.44. The van der Waals surface area contributed by atoms with Crippen LogP contribution in [0.5, 0.6) is 0 Å². The number of carbonyl (C=O) groups excluding carboxylic acids is 1. The van der Waals surface area contributed by atoms with Crippen LogP contribution in [0.4, 0.5) is 10.2 Å². The third-order valence-corrected chi connectivity index (χ3v) is 6.44. The molecule has 0 aliphatic heterocycles. The number of halogens is 1. The molecule has 5 rings (SSSR count). The maximum absolute atomic E-state index is 13.9. The van der Waals surface area contributed by atoms with Gasteiger partial charge in [-0.15, -0.1) is 0 Å². The van der Waals surface area contributed by atoms with Gasteiger partial charge in [-0.2, -0.15) is 10.1 Å². The molecule has 0 spiro atoms. The number of hydrogen-bond donors (Lipinski definition) is 2. The van der Waals surface area contributed by atoms with Crippen molar-refractivity contribution in [2.24, 2.45) is 5.92 Å². The Morgan fingerprint density at radius 3 is 2.68 bits per heavy atom. The van der Waals surface area contributed by atoms with Crippen LogP contribution in [0.3, 0.4) is 0 Å². The van der Waals surface area contributed by atoms with Crippen LogP contribution in [0.2, 0.25) is 0 Å². The van der Waals surface area contributed by atoms with Crippen molar-refractivity contribution in [2.75, 3.05) is 12.8 Å². The summed E-state index contributed by atoms with van der Waals surface area (Å²) in [4.78, 5) is 20.2. The molecule has 3 heterocycles. The Balaban J connectivity index is 1.43. The van der Waals surface area contributed by atoms with Crippen molar-refractivity contribution in [3.8, 4) is 22.6 Å². The van der Waals surface area contributed by atoms with Gasteiger partial charge >= 0.3 is 0 Å². The first-order valence-corrected chi connectivity index (χ1v) is 11.0. The fourth-order valence-corrected chi connectivity index (χ4v) is 4.16. The Morgan fingerprint density at radius 1 is 1.24 bits per heavy atom. The molecule has 3 aromatic heterocycles. The number of carbonyl (C=O) groups is 1. The number of rotatable bonds is 7. The summed E-state index contributed by atoms with van der Waals surface area (Å²) in [6.45, 7) is 2.23. The lowest BCUT2D eigenvalue weighted by atomic mass is 9.76. The molecule has 3 N–H and O–H groups in total. The summed E-state index contributed by atoms with van der Waals surface area (Å²) < 4.78 is 21.0. The van der Waals surface area contributed by atoms with Crippen LogP contribution < -0.4 is 11.1 Å². The van der Waals surface area contributed by atoms with E-state index in [1.54, 1.807) is 25.6 Å². The van der Waals surface area contributed by atoms with Crippen molar-refractivity contribution in [1.29, 1.82) is 0 Å². The molecule has 1 atom stereocenters. The second-order valence-electron chi connectivity index (χ2n) is 8.67. The summed E-state index contributed by atoms with van der Waals surface area (Å²) in [6.07, 6.45) is 7.00. The van der Waals surface area contributed by atoms with Crippen LogP contribution in [0.1, 0.15) is 31.2 Å². The summed E-state index contributed by atoms with van der Waals surface area (Å²) in [7, 11) is 1.58. The van der Waals surface area contributed by atoms with Crippen molar-refractivity contribution < 1.29 is 13.7 Å². The van der Waals surface area contributed by atoms with E-state index in [2.05, 4.69) is 27.5 Å². The van der Waals surface area contributed by atoms with Crippen molar-refractivity contribution in [1.82, 2.24) is 30.2 Å². The zero-order valence-corrected chi connectivity index (χ0v) is 18.8. The van der Waals surface area contributed by atoms with Gasteiger partial charge in [-0.1, -0.05) is 29.4 Å². The summed E-state index contributed by atoms with van der Waals surface area (Å²) in [5.74, 6) is 0.525. The van der Waals surface area contributed by atoms with Gasteiger partial charge in [-0.25, -0.2) is 9.37 Å². The predicted molar refractivity (Wildman–Crippen MR) is 123 cm³/mol. The minimum atomic E-state index is -0.539. The minimum absolute atomic E-state index is 0.108. The second-order valence-corrected chi connectivity index (χ2v) is 8.67. The average Bonchev–Trinajstić information content (AvgIpc) is 3.41. The number of aromatic nitrogens is 5. The molecular formula is C24H24FN7O2. The molecule has 0 saturated heterocycles. The number of nitrogens with zero attached hydrogens (tertiary/aromatic N) is 5. The van der Waals surface area contributed by atoms with Crippen molar-refractivity contribution in [3.05, 3.63) is 66.1 Å². The number of likely N-dealkylation sites (N-methyl/N-ethyl adjacent to an activating group) is 1. The number of nitrogens with one attached hydrogen (secondary N) is 1. The fourth-order valence-electron chi connectivity index (χ4n) is 4.16. The first-order chi connectivity index (χ1) is 16.4. The molecule has 10 heteroatoms. The fraction of sp³-hybridized carbons (Fsp3) is 0.292. The first-order valence-electron chi connectivity index (χ1n) is 11.0. The molecule has 0 radical (unpaired) electrons. The van der Waals surface area contributed by atoms with E-state index < -0.39 is 11.2 Å². The Hall–Kier alpha value is -4.08. The molecule has 174 valence electrons. The van der Waals surface area contributed by atoms with Crippen molar-refractivity contribution in [3.63, 3.8) is 0 Å². The van der Waals surface area contributed by atoms with E-state index in [9.17, 15) is 9.18 Å². The molecule has 34 heavy (non-hydrogen) atoms. The molecule has 1 amide bonds. The Labute approximate surface area is 195 Å². The maximum Gasteiger partial charge on any atom is 0.261 e. The van der Waals surface area contributed by atoms with Gasteiger partial charge in [0.1, 0.15) is 6.54 Å². The van der Waals surface area contributed by atoms with E-state index in [0.717, 1.165) is 24.0 Å². The van der Waals surface area contributed by atoms with Crippen LogP contribution in [0, 0.1) is 11.7 Å². The lowest BCUT2D eigenvalue weighted by Crippen LogP contribution is -2.28. The lowest BCUT2D eigenvalue weighted by molar-refractivity contribution is -0.121. The Morgan fingerprint density at radius 2 is 2.00 bits per heavy atom. The Bertz CT molecular complexity index is 1340. The SMILES string of the molecule is CNC(=O)Cn1cc(-c2nc([C@@](C)(c3ccc(-c4cnc(N)c(F)c4)cc3)C3CC3)no2)cn1. The van der Waals surface area contributed by atoms with Crippen LogP contribution >= 0.6 is 0 Å². The molecular weight excluding hydrogens is 437 g/mol. The minimum Gasteiger partial charge on any atom is -0.381 e. The van der Waals surface area contributed by atoms with Crippen LogP contribution in [0.25, 0.3) is 22.6 Å². The standard InChI is InChI=1S/C24H24FN7O2/c1-24(18-7-8-18,17-5-3-14(4-6-17)15-9-19(25)21(26)28-10-15)23-30-22(34-31-23)16-11-29-32(12-16)13-20(33)27-2/h3-6,9-12,18H,7-8,13H2,1-2H3,(H2,26,28)(H,27,33)/t24-/m0/s1. The topological polar surface area (TPSA) is 125 Å². The van der Waals surface area contributed by atoms with Gasteiger partial charge in [-0.3, -0.25) is 9.48 Å². The van der Waals surface area contributed by atoms with E-state index in [1.165, 1.54) is 10.7 Å². The largest absolute Gasteiger partial charge is 0.381 e. The van der Waals surface area contributed by atoms with Gasteiger partial charge in [0, 0.05) is 25.0 Å². The molecule has 9 nitrogen and oxygen atoms in total. The second kappa shape index (κ2) is 8.36. The highest BCUT2D eigenvalue weighted by Gasteiger charge is 2.47. The van der Waals surface area contributed by atoms with Gasteiger partial charge < -0.3 is 15.6 Å². The Kier molecular flexibility index (Phi) is 5.35. The number of benzene rings is 1. The number of nitrogen functional groups attached to an aromatic ring is 1. The monoisotopic (exact) mass is 461 g/mol. The van der Waals surface area contributed by atoms with Gasteiger partial charge in [0.25, 0.3) is 5.89 Å². The highest BCUT2D eigenvalue weighted by molar-refractivity contribution is 5.75. The number of amides is 1. The van der Waals surface area contributed by atoms with Crippen LogP contribution in [-0.4, -0.2) is 37.9 Å². The van der Waals surface area contributed by atoms with Crippen LogP contribution in [-0.2, 0) is 16.8 Å². The number of anilines is 1. The van der Waals surface area contributed by atoms with Crippen LogP contribution in [0.15, 0.2) is 53.4 Å². The van der Waals surface area contributed by atoms with Gasteiger partial charge in [-0.05, 0) is 42.9 Å². The molecule has 4 aromatic rings. The summed E-state index contributed by atoms with van der Waals surface area (Å²) in [5.41, 5.74) is 8.24.